The summed E-state index contributed by atoms with van der Waals surface area (Å²) in [4.78, 5) is 0. The van der Waals surface area contributed by atoms with Crippen LogP contribution in [0.4, 0.5) is 17.3 Å². The Hall–Kier alpha value is -3.66. The van der Waals surface area contributed by atoms with Gasteiger partial charge in [-0.25, -0.2) is 4.68 Å². The van der Waals surface area contributed by atoms with Gasteiger partial charge < -0.3 is 20.5 Å². The number of nitrogens with one attached hydrogen (secondary N) is 1. The Labute approximate surface area is 145 Å². The molecule has 3 rings (SSSR count). The van der Waals surface area contributed by atoms with Gasteiger partial charge in [0, 0.05) is 5.69 Å². The number of anilines is 3. The number of hydrogen-bond acceptors (Lipinski definition) is 6. The second-order valence-electron chi connectivity index (χ2n) is 5.18. The lowest BCUT2D eigenvalue weighted by molar-refractivity contribution is 0.414. The fourth-order valence-corrected chi connectivity index (χ4v) is 2.36. The highest BCUT2D eigenvalue weighted by atomic mass is 16.5. The average molecular weight is 335 g/mol. The molecule has 25 heavy (non-hydrogen) atoms. The molecule has 7 nitrogen and oxygen atoms in total. The van der Waals surface area contributed by atoms with Crippen LogP contribution in [0.3, 0.4) is 0 Å². The van der Waals surface area contributed by atoms with E-state index >= 15 is 0 Å². The van der Waals surface area contributed by atoms with Crippen molar-refractivity contribution in [1.82, 2.24) is 9.78 Å². The topological polar surface area (TPSA) is 98.1 Å². The summed E-state index contributed by atoms with van der Waals surface area (Å²) < 4.78 is 11.8. The van der Waals surface area contributed by atoms with Crippen molar-refractivity contribution in [2.24, 2.45) is 0 Å². The lowest BCUT2D eigenvalue weighted by atomic mass is 10.2. The number of nitriles is 1. The highest BCUT2D eigenvalue weighted by molar-refractivity contribution is 5.71. The molecule has 0 fully saturated rings. The van der Waals surface area contributed by atoms with Crippen molar-refractivity contribution < 1.29 is 9.47 Å². The van der Waals surface area contributed by atoms with Crippen LogP contribution in [0.25, 0.3) is 5.69 Å². The van der Waals surface area contributed by atoms with Crippen LogP contribution >= 0.6 is 0 Å². The van der Waals surface area contributed by atoms with Gasteiger partial charge in [0.15, 0.2) is 5.82 Å². The summed E-state index contributed by atoms with van der Waals surface area (Å²) in [6, 6.07) is 16.7. The Bertz CT molecular complexity index is 908. The van der Waals surface area contributed by atoms with Gasteiger partial charge in [0.25, 0.3) is 0 Å². The van der Waals surface area contributed by atoms with Crippen molar-refractivity contribution >= 4 is 17.3 Å². The number of nitrogens with zero attached hydrogens (tertiary/aromatic N) is 3. The molecule has 0 atom stereocenters. The van der Waals surface area contributed by atoms with Crippen LogP contribution in [-0.2, 0) is 0 Å². The van der Waals surface area contributed by atoms with Gasteiger partial charge in [-0.1, -0.05) is 0 Å². The second-order valence-corrected chi connectivity index (χ2v) is 5.18. The molecule has 0 aliphatic rings. The molecule has 0 aliphatic carbocycles. The van der Waals surface area contributed by atoms with Crippen molar-refractivity contribution in [2.45, 2.75) is 0 Å². The molecule has 1 heterocycles. The van der Waals surface area contributed by atoms with E-state index in [1.165, 1.54) is 4.68 Å². The van der Waals surface area contributed by atoms with Gasteiger partial charge in [-0.15, -0.1) is 5.10 Å². The fraction of sp³-hybridized carbons (Fsp3) is 0.111. The predicted octanol–water partition coefficient (Wildman–Crippen LogP) is 3.09. The van der Waals surface area contributed by atoms with Crippen LogP contribution < -0.4 is 20.5 Å². The van der Waals surface area contributed by atoms with E-state index in [9.17, 15) is 5.26 Å². The predicted molar refractivity (Wildman–Crippen MR) is 95.5 cm³/mol. The Balaban J connectivity index is 1.95. The van der Waals surface area contributed by atoms with Crippen LogP contribution in [0.2, 0.25) is 0 Å². The first kappa shape index (κ1) is 16.2. The van der Waals surface area contributed by atoms with E-state index < -0.39 is 0 Å². The standard InChI is InChI=1S/C18H17N5O2/c1-24-14-7-3-12(4-8-14)21-18-16(11-19)17(20)23(22-18)13-5-9-15(25-2)10-6-13/h3-10H,20H2,1-2H3,(H,21,22). The zero-order valence-corrected chi connectivity index (χ0v) is 13.9. The summed E-state index contributed by atoms with van der Waals surface area (Å²) in [6.07, 6.45) is 0. The molecule has 0 spiro atoms. The summed E-state index contributed by atoms with van der Waals surface area (Å²) in [5.41, 5.74) is 7.90. The first-order valence-corrected chi connectivity index (χ1v) is 7.50. The maximum absolute atomic E-state index is 9.44. The zero-order chi connectivity index (χ0) is 17.8. The van der Waals surface area contributed by atoms with Crippen molar-refractivity contribution in [1.29, 1.82) is 5.26 Å². The number of aromatic nitrogens is 2. The summed E-state index contributed by atoms with van der Waals surface area (Å²) in [5.74, 6) is 2.13. The van der Waals surface area contributed by atoms with Gasteiger partial charge >= 0.3 is 0 Å². The molecular formula is C18H17N5O2. The van der Waals surface area contributed by atoms with E-state index in [1.54, 1.807) is 26.4 Å². The SMILES string of the molecule is COc1ccc(Nc2nn(-c3ccc(OC)cc3)c(N)c2C#N)cc1. The van der Waals surface area contributed by atoms with E-state index in [1.807, 2.05) is 36.4 Å². The van der Waals surface area contributed by atoms with Crippen molar-refractivity contribution in [2.75, 3.05) is 25.3 Å². The summed E-state index contributed by atoms with van der Waals surface area (Å²) >= 11 is 0. The molecule has 3 N–H and O–H groups in total. The fourth-order valence-electron chi connectivity index (χ4n) is 2.36. The molecule has 7 heteroatoms. The van der Waals surface area contributed by atoms with Gasteiger partial charge in [-0.05, 0) is 48.5 Å². The number of nitrogen functional groups attached to an aromatic ring is 1. The Morgan fingerprint density at radius 2 is 1.56 bits per heavy atom. The van der Waals surface area contributed by atoms with Crippen LogP contribution in [0.1, 0.15) is 5.56 Å². The quantitative estimate of drug-likeness (QED) is 0.743. The lowest BCUT2D eigenvalue weighted by Crippen LogP contribution is -2.02. The highest BCUT2D eigenvalue weighted by Gasteiger charge is 2.17. The maximum atomic E-state index is 9.44. The molecule has 0 saturated heterocycles. The van der Waals surface area contributed by atoms with Crippen molar-refractivity contribution in [3.63, 3.8) is 0 Å². The normalized spacial score (nSPS) is 10.1. The second kappa shape index (κ2) is 6.84. The zero-order valence-electron chi connectivity index (χ0n) is 13.9. The van der Waals surface area contributed by atoms with E-state index in [0.29, 0.717) is 5.82 Å². The van der Waals surface area contributed by atoms with E-state index in [-0.39, 0.29) is 11.4 Å². The van der Waals surface area contributed by atoms with Gasteiger partial charge in [0.1, 0.15) is 28.9 Å². The smallest absolute Gasteiger partial charge is 0.173 e. The maximum Gasteiger partial charge on any atom is 0.173 e. The summed E-state index contributed by atoms with van der Waals surface area (Å²) in [7, 11) is 3.20. The molecule has 3 aromatic rings. The summed E-state index contributed by atoms with van der Waals surface area (Å²) in [6.45, 7) is 0. The lowest BCUT2D eigenvalue weighted by Gasteiger charge is -2.05. The Morgan fingerprint density at radius 3 is 2.08 bits per heavy atom. The molecule has 0 radical (unpaired) electrons. The number of rotatable bonds is 5. The molecule has 0 aliphatic heterocycles. The third-order valence-electron chi connectivity index (χ3n) is 3.70. The van der Waals surface area contributed by atoms with Gasteiger partial charge in [0.2, 0.25) is 0 Å². The third kappa shape index (κ3) is 3.19. The van der Waals surface area contributed by atoms with Crippen LogP contribution in [0.15, 0.2) is 48.5 Å². The molecule has 0 unspecified atom stereocenters. The largest absolute Gasteiger partial charge is 0.497 e. The minimum absolute atomic E-state index is 0.267. The van der Waals surface area contributed by atoms with Crippen molar-refractivity contribution in [3.05, 3.63) is 54.1 Å². The van der Waals surface area contributed by atoms with Crippen LogP contribution in [0, 0.1) is 11.3 Å². The number of benzene rings is 2. The number of methoxy groups -OCH3 is 2. The Kier molecular flexibility index (Phi) is 4.44. The van der Waals surface area contributed by atoms with E-state index in [0.717, 1.165) is 22.9 Å². The molecule has 126 valence electrons. The van der Waals surface area contributed by atoms with Gasteiger partial charge in [0.05, 0.1) is 19.9 Å². The first-order chi connectivity index (χ1) is 12.2. The molecule has 2 aromatic carbocycles. The first-order valence-electron chi connectivity index (χ1n) is 7.50. The molecule has 0 amide bonds. The van der Waals surface area contributed by atoms with Gasteiger partial charge in [-0.2, -0.15) is 5.26 Å². The van der Waals surface area contributed by atoms with Crippen molar-refractivity contribution in [3.8, 4) is 23.3 Å². The number of hydrogen-bond donors (Lipinski definition) is 2. The minimum Gasteiger partial charge on any atom is -0.497 e. The Morgan fingerprint density at radius 1 is 1.00 bits per heavy atom. The molecule has 0 bridgehead atoms. The molecule has 0 saturated carbocycles. The monoisotopic (exact) mass is 335 g/mol. The van der Waals surface area contributed by atoms with E-state index in [2.05, 4.69) is 16.5 Å². The molecular weight excluding hydrogens is 318 g/mol. The van der Waals surface area contributed by atoms with Crippen LogP contribution in [0.5, 0.6) is 11.5 Å². The number of ether oxygens (including phenoxy) is 2. The summed E-state index contributed by atoms with van der Waals surface area (Å²) in [5, 5.41) is 17.0. The minimum atomic E-state index is 0.267. The number of nitrogens with two attached hydrogens (primary N) is 1. The van der Waals surface area contributed by atoms with Gasteiger partial charge in [-0.3, -0.25) is 0 Å². The molecule has 1 aromatic heterocycles. The highest BCUT2D eigenvalue weighted by Crippen LogP contribution is 2.28. The average Bonchev–Trinajstić information content (AvgIpc) is 2.97. The van der Waals surface area contributed by atoms with E-state index in [4.69, 9.17) is 15.2 Å². The third-order valence-corrected chi connectivity index (χ3v) is 3.70. The van der Waals surface area contributed by atoms with Crippen LogP contribution in [-0.4, -0.2) is 24.0 Å².